The fourth-order valence-corrected chi connectivity index (χ4v) is 0.976. The number of carboxylic acid groups (broad SMARTS) is 1. The molecule has 2 amide bonds. The average Bonchev–Trinajstić information content (AvgIpc) is 2.28. The SMILES string of the molecule is COC(=O)CCNC(=O)N[C@H](CCO)C(=O)O. The number of esters is 1. The van der Waals surface area contributed by atoms with E-state index in [1.54, 1.807) is 0 Å². The second-order valence-corrected chi connectivity index (χ2v) is 3.13. The van der Waals surface area contributed by atoms with E-state index in [0.29, 0.717) is 0 Å². The molecule has 0 saturated heterocycles. The molecule has 0 spiro atoms. The lowest BCUT2D eigenvalue weighted by Gasteiger charge is -2.13. The number of aliphatic hydroxyl groups is 1. The second kappa shape index (κ2) is 8.34. The monoisotopic (exact) mass is 248 g/mol. The van der Waals surface area contributed by atoms with Crippen LogP contribution in [0.3, 0.4) is 0 Å². The number of rotatable bonds is 7. The van der Waals surface area contributed by atoms with Crippen molar-refractivity contribution in [3.63, 3.8) is 0 Å². The molecule has 8 nitrogen and oxygen atoms in total. The zero-order chi connectivity index (χ0) is 13.3. The Hall–Kier alpha value is -1.83. The van der Waals surface area contributed by atoms with Crippen LogP contribution >= 0.6 is 0 Å². The number of aliphatic carboxylic acids is 1. The van der Waals surface area contributed by atoms with E-state index in [1.807, 2.05) is 0 Å². The van der Waals surface area contributed by atoms with Crippen LogP contribution in [0.15, 0.2) is 0 Å². The quantitative estimate of drug-likeness (QED) is 0.414. The molecule has 0 aromatic heterocycles. The first-order valence-corrected chi connectivity index (χ1v) is 4.96. The Labute approximate surface area is 97.9 Å². The van der Waals surface area contributed by atoms with Crippen molar-refractivity contribution in [2.45, 2.75) is 18.9 Å². The van der Waals surface area contributed by atoms with E-state index < -0.39 is 24.0 Å². The zero-order valence-corrected chi connectivity index (χ0v) is 9.43. The molecule has 0 aromatic rings. The smallest absolute Gasteiger partial charge is 0.326 e. The van der Waals surface area contributed by atoms with E-state index in [1.165, 1.54) is 7.11 Å². The molecule has 0 aromatic carbocycles. The minimum Gasteiger partial charge on any atom is -0.480 e. The van der Waals surface area contributed by atoms with Crippen molar-refractivity contribution in [2.75, 3.05) is 20.3 Å². The number of urea groups is 1. The molecule has 4 N–H and O–H groups in total. The number of carboxylic acids is 1. The van der Waals surface area contributed by atoms with Gasteiger partial charge in [0, 0.05) is 19.6 Å². The molecule has 0 aliphatic heterocycles. The minimum atomic E-state index is -1.23. The van der Waals surface area contributed by atoms with Gasteiger partial charge in [0.1, 0.15) is 6.04 Å². The predicted octanol–water partition coefficient (Wildman–Crippen LogP) is -1.32. The summed E-state index contributed by atoms with van der Waals surface area (Å²) < 4.78 is 4.35. The normalized spacial score (nSPS) is 11.4. The molecule has 0 saturated carbocycles. The first-order chi connectivity index (χ1) is 8.01. The fourth-order valence-electron chi connectivity index (χ4n) is 0.976. The molecule has 0 fully saturated rings. The highest BCUT2D eigenvalue weighted by Crippen LogP contribution is 1.91. The molecule has 8 heteroatoms. The number of amides is 2. The van der Waals surface area contributed by atoms with Crippen LogP contribution in [0.1, 0.15) is 12.8 Å². The van der Waals surface area contributed by atoms with Gasteiger partial charge in [-0.15, -0.1) is 0 Å². The maximum absolute atomic E-state index is 11.2. The third-order valence-electron chi connectivity index (χ3n) is 1.86. The molecular weight excluding hydrogens is 232 g/mol. The van der Waals surface area contributed by atoms with Crippen LogP contribution < -0.4 is 10.6 Å². The van der Waals surface area contributed by atoms with Gasteiger partial charge in [-0.2, -0.15) is 0 Å². The van der Waals surface area contributed by atoms with E-state index in [9.17, 15) is 14.4 Å². The summed E-state index contributed by atoms with van der Waals surface area (Å²) in [6, 6.07) is -1.87. The number of methoxy groups -OCH3 is 1. The molecule has 0 heterocycles. The maximum Gasteiger partial charge on any atom is 0.326 e. The van der Waals surface area contributed by atoms with Crippen LogP contribution in [0, 0.1) is 0 Å². The molecular formula is C9H16N2O6. The maximum atomic E-state index is 11.2. The van der Waals surface area contributed by atoms with Gasteiger partial charge in [-0.3, -0.25) is 4.79 Å². The van der Waals surface area contributed by atoms with E-state index in [2.05, 4.69) is 15.4 Å². The van der Waals surface area contributed by atoms with Crippen molar-refractivity contribution in [2.24, 2.45) is 0 Å². The van der Waals surface area contributed by atoms with Crippen LogP contribution in [-0.2, 0) is 14.3 Å². The summed E-state index contributed by atoms with van der Waals surface area (Å²) in [5, 5.41) is 21.7. The molecule has 0 radical (unpaired) electrons. The van der Waals surface area contributed by atoms with Gasteiger partial charge in [-0.1, -0.05) is 0 Å². The number of ether oxygens (including phenoxy) is 1. The van der Waals surface area contributed by atoms with Crippen LogP contribution in [0.5, 0.6) is 0 Å². The van der Waals surface area contributed by atoms with Crippen LogP contribution in [0.4, 0.5) is 4.79 Å². The van der Waals surface area contributed by atoms with Crippen molar-refractivity contribution in [1.82, 2.24) is 10.6 Å². The van der Waals surface area contributed by atoms with Gasteiger partial charge in [0.15, 0.2) is 0 Å². The van der Waals surface area contributed by atoms with E-state index in [4.69, 9.17) is 10.2 Å². The number of aliphatic hydroxyl groups excluding tert-OH is 1. The summed E-state index contributed by atoms with van der Waals surface area (Å²) in [6.45, 7) is -0.302. The summed E-state index contributed by atoms with van der Waals surface area (Å²) in [6.07, 6.45) is -0.0819. The standard InChI is InChI=1S/C9H16N2O6/c1-17-7(13)2-4-10-9(16)11-6(3-5-12)8(14)15/h6,12H,2-5H2,1H3,(H,14,15)(H2,10,11,16)/t6-/m1/s1. The lowest BCUT2D eigenvalue weighted by atomic mass is 10.2. The Balaban J connectivity index is 3.90. The van der Waals surface area contributed by atoms with E-state index >= 15 is 0 Å². The molecule has 0 unspecified atom stereocenters. The van der Waals surface area contributed by atoms with Crippen molar-refractivity contribution in [3.05, 3.63) is 0 Å². The number of hydrogen-bond donors (Lipinski definition) is 4. The number of carbonyl (C=O) groups is 3. The van der Waals surface area contributed by atoms with Crippen molar-refractivity contribution in [1.29, 1.82) is 0 Å². The molecule has 0 aliphatic rings. The number of carbonyl (C=O) groups excluding carboxylic acids is 2. The first-order valence-electron chi connectivity index (χ1n) is 4.96. The Kier molecular flexibility index (Phi) is 7.44. The molecule has 1 atom stereocenters. The summed E-state index contributed by atoms with van der Waals surface area (Å²) in [7, 11) is 1.23. The van der Waals surface area contributed by atoms with Gasteiger partial charge in [-0.05, 0) is 0 Å². The lowest BCUT2D eigenvalue weighted by molar-refractivity contribution is -0.141. The van der Waals surface area contributed by atoms with Crippen LogP contribution in [0.2, 0.25) is 0 Å². The van der Waals surface area contributed by atoms with Gasteiger partial charge in [-0.25, -0.2) is 9.59 Å². The second-order valence-electron chi connectivity index (χ2n) is 3.13. The van der Waals surface area contributed by atoms with Crippen LogP contribution in [0.25, 0.3) is 0 Å². The summed E-state index contributed by atoms with van der Waals surface area (Å²) >= 11 is 0. The summed E-state index contributed by atoms with van der Waals surface area (Å²) in [5.74, 6) is -1.71. The summed E-state index contributed by atoms with van der Waals surface area (Å²) in [5.41, 5.74) is 0. The molecule has 98 valence electrons. The average molecular weight is 248 g/mol. The lowest BCUT2D eigenvalue weighted by Crippen LogP contribution is -2.46. The molecule has 0 rings (SSSR count). The third-order valence-corrected chi connectivity index (χ3v) is 1.86. The molecule has 17 heavy (non-hydrogen) atoms. The Morgan fingerprint density at radius 2 is 2.00 bits per heavy atom. The van der Waals surface area contributed by atoms with E-state index in [-0.39, 0.29) is 26.0 Å². The zero-order valence-electron chi connectivity index (χ0n) is 9.43. The van der Waals surface area contributed by atoms with Crippen LogP contribution in [-0.4, -0.2) is 54.5 Å². The Bertz CT molecular complexity index is 281. The number of hydrogen-bond acceptors (Lipinski definition) is 5. The topological polar surface area (TPSA) is 125 Å². The highest BCUT2D eigenvalue weighted by atomic mass is 16.5. The molecule has 0 bridgehead atoms. The minimum absolute atomic E-state index is 0.00164. The Morgan fingerprint density at radius 3 is 2.47 bits per heavy atom. The van der Waals surface area contributed by atoms with Crippen molar-refractivity contribution < 1.29 is 29.3 Å². The predicted molar refractivity (Wildman–Crippen MR) is 56.3 cm³/mol. The van der Waals surface area contributed by atoms with Gasteiger partial charge >= 0.3 is 18.0 Å². The Morgan fingerprint density at radius 1 is 1.35 bits per heavy atom. The fraction of sp³-hybridized carbons (Fsp3) is 0.667. The van der Waals surface area contributed by atoms with Crippen molar-refractivity contribution in [3.8, 4) is 0 Å². The third kappa shape index (κ3) is 7.12. The summed E-state index contributed by atoms with van der Waals surface area (Å²) in [4.78, 5) is 32.5. The highest BCUT2D eigenvalue weighted by molar-refractivity contribution is 5.82. The van der Waals surface area contributed by atoms with E-state index in [0.717, 1.165) is 0 Å². The first kappa shape index (κ1) is 15.2. The van der Waals surface area contributed by atoms with Crippen molar-refractivity contribution >= 4 is 18.0 Å². The largest absolute Gasteiger partial charge is 0.480 e. The molecule has 0 aliphatic carbocycles. The van der Waals surface area contributed by atoms with Gasteiger partial charge in [0.05, 0.1) is 13.5 Å². The van der Waals surface area contributed by atoms with Gasteiger partial charge in [0.2, 0.25) is 0 Å². The van der Waals surface area contributed by atoms with Gasteiger partial charge in [0.25, 0.3) is 0 Å². The highest BCUT2D eigenvalue weighted by Gasteiger charge is 2.18. The van der Waals surface area contributed by atoms with Gasteiger partial charge < -0.3 is 25.6 Å². The number of nitrogens with one attached hydrogen (secondary N) is 2.